The van der Waals surface area contributed by atoms with Gasteiger partial charge in [-0.2, -0.15) is 0 Å². The van der Waals surface area contributed by atoms with Gasteiger partial charge in [0.25, 0.3) is 0 Å². The van der Waals surface area contributed by atoms with Crippen LogP contribution in [0.5, 0.6) is 0 Å². The van der Waals surface area contributed by atoms with E-state index in [0.717, 1.165) is 29.5 Å². The Labute approximate surface area is 146 Å². The molecule has 1 atom stereocenters. The van der Waals surface area contributed by atoms with Crippen molar-refractivity contribution in [2.24, 2.45) is 5.92 Å². The Bertz CT molecular complexity index is 730. The van der Waals surface area contributed by atoms with Gasteiger partial charge < -0.3 is 10.2 Å². The molecule has 1 aromatic heterocycles. The lowest BCUT2D eigenvalue weighted by molar-refractivity contribution is 0.262. The Balaban J connectivity index is 1.60. The van der Waals surface area contributed by atoms with E-state index in [1.807, 2.05) is 32.0 Å². The van der Waals surface area contributed by atoms with Gasteiger partial charge in [-0.1, -0.05) is 36.0 Å². The zero-order valence-corrected chi connectivity index (χ0v) is 15.1. The maximum atomic E-state index is 12.2. The number of aryl methyl sites for hydroxylation is 2. The molecule has 1 aliphatic heterocycles. The molecule has 7 heteroatoms. The average molecular weight is 345 g/mol. The molecule has 2 N–H and O–H groups in total. The molecule has 1 saturated heterocycles. The van der Waals surface area contributed by atoms with Gasteiger partial charge in [0.15, 0.2) is 0 Å². The zero-order valence-electron chi connectivity index (χ0n) is 14.3. The lowest BCUT2D eigenvalue weighted by Gasteiger charge is -2.29. The third kappa shape index (κ3) is 4.03. The third-order valence-corrected chi connectivity index (χ3v) is 5.09. The van der Waals surface area contributed by atoms with Crippen LogP contribution in [-0.4, -0.2) is 29.3 Å². The van der Waals surface area contributed by atoms with E-state index in [-0.39, 0.29) is 6.03 Å². The largest absolute Gasteiger partial charge is 0.346 e. The molecule has 0 radical (unpaired) electrons. The molecule has 24 heavy (non-hydrogen) atoms. The van der Waals surface area contributed by atoms with Gasteiger partial charge in [-0.25, -0.2) is 4.79 Å². The first kappa shape index (κ1) is 16.7. The summed E-state index contributed by atoms with van der Waals surface area (Å²) in [5.41, 5.74) is 3.00. The second-order valence-electron chi connectivity index (χ2n) is 6.48. The first-order valence-corrected chi connectivity index (χ1v) is 9.06. The number of urea groups is 1. The van der Waals surface area contributed by atoms with Gasteiger partial charge >= 0.3 is 6.03 Å². The van der Waals surface area contributed by atoms with Crippen molar-refractivity contribution in [2.75, 3.05) is 28.6 Å². The Morgan fingerprint density at radius 3 is 2.88 bits per heavy atom. The minimum Gasteiger partial charge on any atom is -0.346 e. The smallest absolute Gasteiger partial charge is 0.325 e. The summed E-state index contributed by atoms with van der Waals surface area (Å²) in [6, 6.07) is 5.63. The number of carbonyl (C=O) groups is 1. The fraction of sp³-hybridized carbons (Fsp3) is 0.471. The minimum atomic E-state index is -0.295. The molecule has 0 bridgehead atoms. The highest BCUT2D eigenvalue weighted by molar-refractivity contribution is 7.19. The van der Waals surface area contributed by atoms with E-state index in [1.165, 1.54) is 29.7 Å². The number of nitrogens with zero attached hydrogens (tertiary/aromatic N) is 3. The highest BCUT2D eigenvalue weighted by Gasteiger charge is 2.20. The molecule has 6 nitrogen and oxygen atoms in total. The highest BCUT2D eigenvalue weighted by atomic mass is 32.1. The predicted molar refractivity (Wildman–Crippen MR) is 99.1 cm³/mol. The number of hydrogen-bond acceptors (Lipinski definition) is 5. The second-order valence-corrected chi connectivity index (χ2v) is 7.44. The van der Waals surface area contributed by atoms with Crippen molar-refractivity contribution in [1.29, 1.82) is 0 Å². The SMILES string of the molecule is Cc1ccc(NC(=O)Nc2nnc(N3CCCC(C)C3)s2)c(C)c1. The Hall–Kier alpha value is -2.15. The summed E-state index contributed by atoms with van der Waals surface area (Å²) >= 11 is 1.42. The predicted octanol–water partition coefficient (Wildman–Crippen LogP) is 4.04. The summed E-state index contributed by atoms with van der Waals surface area (Å²) in [6.45, 7) is 8.27. The molecule has 0 spiro atoms. The van der Waals surface area contributed by atoms with E-state index in [4.69, 9.17) is 0 Å². The van der Waals surface area contributed by atoms with Crippen molar-refractivity contribution >= 4 is 33.3 Å². The van der Waals surface area contributed by atoms with Crippen molar-refractivity contribution in [1.82, 2.24) is 10.2 Å². The molecular formula is C17H23N5OS. The summed E-state index contributed by atoms with van der Waals surface area (Å²) in [5, 5.41) is 15.3. The second kappa shape index (κ2) is 7.17. The number of carbonyl (C=O) groups excluding carboxylic acids is 1. The maximum absolute atomic E-state index is 12.2. The molecule has 1 fully saturated rings. The van der Waals surface area contributed by atoms with E-state index in [1.54, 1.807) is 0 Å². The maximum Gasteiger partial charge on any atom is 0.325 e. The molecule has 1 aromatic carbocycles. The number of hydrogen-bond donors (Lipinski definition) is 2. The van der Waals surface area contributed by atoms with E-state index in [9.17, 15) is 4.79 Å². The molecular weight excluding hydrogens is 322 g/mol. The molecule has 0 aliphatic carbocycles. The summed E-state index contributed by atoms with van der Waals surface area (Å²) in [4.78, 5) is 14.4. The quantitative estimate of drug-likeness (QED) is 0.881. The van der Waals surface area contributed by atoms with Gasteiger partial charge in [-0.15, -0.1) is 10.2 Å². The monoisotopic (exact) mass is 345 g/mol. The molecule has 1 aliphatic rings. The van der Waals surface area contributed by atoms with Crippen LogP contribution in [0.25, 0.3) is 0 Å². The molecule has 128 valence electrons. The van der Waals surface area contributed by atoms with Crippen LogP contribution in [0.15, 0.2) is 18.2 Å². The lowest BCUT2D eigenvalue weighted by Crippen LogP contribution is -2.34. The summed E-state index contributed by atoms with van der Waals surface area (Å²) < 4.78 is 0. The molecule has 0 saturated carbocycles. The third-order valence-electron chi connectivity index (χ3n) is 4.19. The van der Waals surface area contributed by atoms with Crippen LogP contribution >= 0.6 is 11.3 Å². The van der Waals surface area contributed by atoms with E-state index in [0.29, 0.717) is 11.0 Å². The summed E-state index contributed by atoms with van der Waals surface area (Å²) in [7, 11) is 0. The van der Waals surface area contributed by atoms with Gasteiger partial charge in [0.05, 0.1) is 0 Å². The molecule has 3 rings (SSSR count). The minimum absolute atomic E-state index is 0.295. The number of anilines is 3. The van der Waals surface area contributed by atoms with Crippen LogP contribution in [-0.2, 0) is 0 Å². The van der Waals surface area contributed by atoms with Crippen LogP contribution in [0.1, 0.15) is 30.9 Å². The van der Waals surface area contributed by atoms with Gasteiger partial charge in [0.2, 0.25) is 10.3 Å². The fourth-order valence-corrected chi connectivity index (χ4v) is 3.74. The zero-order chi connectivity index (χ0) is 17.1. The van der Waals surface area contributed by atoms with Crippen LogP contribution in [0, 0.1) is 19.8 Å². The highest BCUT2D eigenvalue weighted by Crippen LogP contribution is 2.28. The number of nitrogens with one attached hydrogen (secondary N) is 2. The number of piperidine rings is 1. The standard InChI is InChI=1S/C17H23N5OS/c1-11-6-7-14(13(3)9-11)18-15(23)19-16-20-21-17(24-16)22-8-4-5-12(2)10-22/h6-7,9,12H,4-5,8,10H2,1-3H3,(H2,18,19,20,23). The first-order valence-electron chi connectivity index (χ1n) is 8.25. The van der Waals surface area contributed by atoms with E-state index in [2.05, 4.69) is 32.7 Å². The van der Waals surface area contributed by atoms with Crippen molar-refractivity contribution in [2.45, 2.75) is 33.6 Å². The molecule has 2 amide bonds. The summed E-state index contributed by atoms with van der Waals surface area (Å²) in [5.74, 6) is 0.673. The van der Waals surface area contributed by atoms with E-state index < -0.39 is 0 Å². The normalized spacial score (nSPS) is 17.6. The van der Waals surface area contributed by atoms with Crippen LogP contribution in [0.2, 0.25) is 0 Å². The van der Waals surface area contributed by atoms with Crippen LogP contribution in [0.3, 0.4) is 0 Å². The van der Waals surface area contributed by atoms with Crippen LogP contribution in [0.4, 0.5) is 20.7 Å². The van der Waals surface area contributed by atoms with Gasteiger partial charge in [0.1, 0.15) is 0 Å². The van der Waals surface area contributed by atoms with Crippen LogP contribution < -0.4 is 15.5 Å². The molecule has 2 heterocycles. The fourth-order valence-electron chi connectivity index (χ4n) is 2.96. The van der Waals surface area contributed by atoms with E-state index >= 15 is 0 Å². The molecule has 2 aromatic rings. The van der Waals surface area contributed by atoms with Crippen molar-refractivity contribution < 1.29 is 4.79 Å². The van der Waals surface area contributed by atoms with Crippen molar-refractivity contribution in [3.05, 3.63) is 29.3 Å². The van der Waals surface area contributed by atoms with Crippen molar-refractivity contribution in [3.8, 4) is 0 Å². The van der Waals surface area contributed by atoms with Crippen molar-refractivity contribution in [3.63, 3.8) is 0 Å². The number of rotatable bonds is 3. The Morgan fingerprint density at radius 2 is 2.12 bits per heavy atom. The van der Waals surface area contributed by atoms with Gasteiger partial charge in [0, 0.05) is 18.8 Å². The summed E-state index contributed by atoms with van der Waals surface area (Å²) in [6.07, 6.45) is 2.44. The average Bonchev–Trinajstić information content (AvgIpc) is 2.98. The Morgan fingerprint density at radius 1 is 1.29 bits per heavy atom. The lowest BCUT2D eigenvalue weighted by atomic mass is 10.0. The molecule has 1 unspecified atom stereocenters. The Kier molecular flexibility index (Phi) is 4.99. The number of amides is 2. The number of aromatic nitrogens is 2. The number of benzene rings is 1. The first-order chi connectivity index (χ1) is 11.5. The van der Waals surface area contributed by atoms with Gasteiger partial charge in [-0.3, -0.25) is 5.32 Å². The topological polar surface area (TPSA) is 70.1 Å². The van der Waals surface area contributed by atoms with Gasteiger partial charge in [-0.05, 0) is 44.2 Å².